The summed E-state index contributed by atoms with van der Waals surface area (Å²) in [4.78, 5) is 15.2. The van der Waals surface area contributed by atoms with E-state index in [1.807, 2.05) is 20.2 Å². The zero-order valence-corrected chi connectivity index (χ0v) is 17.0. The van der Waals surface area contributed by atoms with Crippen LogP contribution < -0.4 is 16.4 Å². The highest BCUT2D eigenvalue weighted by Gasteiger charge is 2.11. The molecule has 0 saturated heterocycles. The number of rotatable bonds is 8. The highest BCUT2D eigenvalue weighted by Crippen LogP contribution is 2.28. The summed E-state index contributed by atoms with van der Waals surface area (Å²) >= 11 is 5.85. The fraction of sp³-hybridized carbons (Fsp3) is 0.250. The standard InChI is InChI=1S/C20H23ClFN7/c1-29(2)7-3-6-25-19-16(13-8-14(23)11-24-10-13)12-26-20(28-19)27-15-4-5-18(22)17(21)9-15/h4-5,8-12H,3,6-7,23H2,1-2H3,(H2,25,26,27,28). The third-order valence-electron chi connectivity index (χ3n) is 4.11. The Morgan fingerprint density at radius 1 is 1.17 bits per heavy atom. The molecule has 2 heterocycles. The molecule has 0 saturated carbocycles. The van der Waals surface area contributed by atoms with E-state index in [0.29, 0.717) is 23.1 Å². The van der Waals surface area contributed by atoms with E-state index in [9.17, 15) is 4.39 Å². The molecule has 0 aliphatic heterocycles. The van der Waals surface area contributed by atoms with Crippen LogP contribution in [-0.4, -0.2) is 47.0 Å². The van der Waals surface area contributed by atoms with Gasteiger partial charge in [0.2, 0.25) is 5.95 Å². The van der Waals surface area contributed by atoms with Crippen molar-refractivity contribution in [3.05, 3.63) is 53.7 Å². The maximum Gasteiger partial charge on any atom is 0.229 e. The van der Waals surface area contributed by atoms with Gasteiger partial charge in [0.15, 0.2) is 0 Å². The second kappa shape index (κ2) is 9.49. The Morgan fingerprint density at radius 3 is 2.72 bits per heavy atom. The second-order valence-corrected chi connectivity index (χ2v) is 7.21. The summed E-state index contributed by atoms with van der Waals surface area (Å²) < 4.78 is 13.4. The predicted octanol–water partition coefficient (Wildman–Crippen LogP) is 4.02. The molecule has 0 fully saturated rings. The molecule has 2 aromatic heterocycles. The van der Waals surface area contributed by atoms with Gasteiger partial charge < -0.3 is 21.3 Å². The lowest BCUT2D eigenvalue weighted by Gasteiger charge is -2.14. The van der Waals surface area contributed by atoms with E-state index in [1.54, 1.807) is 24.7 Å². The van der Waals surface area contributed by atoms with E-state index < -0.39 is 5.82 Å². The molecule has 0 bridgehead atoms. The Kier molecular flexibility index (Phi) is 6.79. The average molecular weight is 416 g/mol. The molecular weight excluding hydrogens is 393 g/mol. The molecule has 7 nitrogen and oxygen atoms in total. The number of hydrogen-bond donors (Lipinski definition) is 3. The monoisotopic (exact) mass is 415 g/mol. The van der Waals surface area contributed by atoms with Gasteiger partial charge in [-0.25, -0.2) is 9.37 Å². The van der Waals surface area contributed by atoms with Gasteiger partial charge in [-0.2, -0.15) is 4.98 Å². The number of anilines is 4. The van der Waals surface area contributed by atoms with Crippen molar-refractivity contribution in [3.8, 4) is 11.1 Å². The minimum atomic E-state index is -0.481. The van der Waals surface area contributed by atoms with E-state index in [1.165, 1.54) is 12.1 Å². The van der Waals surface area contributed by atoms with Crippen LogP contribution in [0.4, 0.5) is 27.5 Å². The number of halogens is 2. The van der Waals surface area contributed by atoms with Crippen LogP contribution in [0.3, 0.4) is 0 Å². The third-order valence-corrected chi connectivity index (χ3v) is 4.40. The average Bonchev–Trinajstić information content (AvgIpc) is 2.68. The van der Waals surface area contributed by atoms with Gasteiger partial charge in [0, 0.05) is 41.9 Å². The molecule has 1 aromatic carbocycles. The number of nitrogen functional groups attached to an aromatic ring is 1. The van der Waals surface area contributed by atoms with Gasteiger partial charge in [0.05, 0.1) is 10.7 Å². The summed E-state index contributed by atoms with van der Waals surface area (Å²) in [5.74, 6) is 0.538. The number of nitrogens with zero attached hydrogens (tertiary/aromatic N) is 4. The molecule has 0 aliphatic carbocycles. The first-order valence-corrected chi connectivity index (χ1v) is 9.49. The molecule has 0 amide bonds. The van der Waals surface area contributed by atoms with Crippen molar-refractivity contribution in [2.24, 2.45) is 0 Å². The first kappa shape index (κ1) is 20.8. The fourth-order valence-corrected chi connectivity index (χ4v) is 2.88. The van der Waals surface area contributed by atoms with Gasteiger partial charge in [0.1, 0.15) is 11.6 Å². The van der Waals surface area contributed by atoms with E-state index in [-0.39, 0.29) is 5.02 Å². The quantitative estimate of drug-likeness (QED) is 0.478. The lowest BCUT2D eigenvalue weighted by atomic mass is 10.1. The summed E-state index contributed by atoms with van der Waals surface area (Å²) in [5, 5.41) is 6.44. The van der Waals surface area contributed by atoms with Crippen LogP contribution in [0, 0.1) is 5.82 Å². The summed E-state index contributed by atoms with van der Waals surface area (Å²) in [6, 6.07) is 6.17. The Hall–Kier alpha value is -2.97. The summed E-state index contributed by atoms with van der Waals surface area (Å²) in [6.07, 6.45) is 5.95. The third kappa shape index (κ3) is 5.75. The molecule has 9 heteroatoms. The molecule has 3 rings (SSSR count). The zero-order valence-electron chi connectivity index (χ0n) is 16.3. The molecule has 0 aliphatic rings. The second-order valence-electron chi connectivity index (χ2n) is 6.80. The molecular formula is C20H23ClFN7. The van der Waals surface area contributed by atoms with Crippen molar-refractivity contribution >= 4 is 34.7 Å². The van der Waals surface area contributed by atoms with Crippen molar-refractivity contribution in [2.45, 2.75) is 6.42 Å². The van der Waals surface area contributed by atoms with E-state index in [4.69, 9.17) is 17.3 Å². The highest BCUT2D eigenvalue weighted by atomic mass is 35.5. The van der Waals surface area contributed by atoms with E-state index in [2.05, 4.69) is 30.5 Å². The van der Waals surface area contributed by atoms with Crippen LogP contribution in [0.1, 0.15) is 6.42 Å². The molecule has 0 spiro atoms. The fourth-order valence-electron chi connectivity index (χ4n) is 2.70. The molecule has 152 valence electrons. The van der Waals surface area contributed by atoms with Crippen LogP contribution in [0.5, 0.6) is 0 Å². The van der Waals surface area contributed by atoms with E-state index in [0.717, 1.165) is 30.6 Å². The van der Waals surface area contributed by atoms with E-state index >= 15 is 0 Å². The van der Waals surface area contributed by atoms with Crippen LogP contribution in [0.15, 0.2) is 42.9 Å². The number of aromatic nitrogens is 3. The Labute approximate surface area is 174 Å². The number of benzene rings is 1. The van der Waals surface area contributed by atoms with Crippen molar-refractivity contribution < 1.29 is 4.39 Å². The van der Waals surface area contributed by atoms with Gasteiger partial charge in [-0.05, 0) is 51.3 Å². The largest absolute Gasteiger partial charge is 0.397 e. The van der Waals surface area contributed by atoms with Crippen molar-refractivity contribution in [1.82, 2.24) is 19.9 Å². The van der Waals surface area contributed by atoms with Crippen LogP contribution >= 0.6 is 11.6 Å². The number of nitrogens with two attached hydrogens (primary N) is 1. The van der Waals surface area contributed by atoms with Gasteiger partial charge in [-0.1, -0.05) is 11.6 Å². The van der Waals surface area contributed by atoms with Crippen molar-refractivity contribution in [1.29, 1.82) is 0 Å². The van der Waals surface area contributed by atoms with Crippen LogP contribution in [0.2, 0.25) is 5.02 Å². The van der Waals surface area contributed by atoms with Crippen molar-refractivity contribution in [2.75, 3.05) is 43.6 Å². The van der Waals surface area contributed by atoms with Gasteiger partial charge in [0.25, 0.3) is 0 Å². The minimum absolute atomic E-state index is 0.0273. The van der Waals surface area contributed by atoms with Crippen LogP contribution in [-0.2, 0) is 0 Å². The summed E-state index contributed by atoms with van der Waals surface area (Å²) in [7, 11) is 4.06. The number of pyridine rings is 1. The normalized spacial score (nSPS) is 10.9. The molecule has 0 radical (unpaired) electrons. The smallest absolute Gasteiger partial charge is 0.229 e. The number of nitrogens with one attached hydrogen (secondary N) is 2. The maximum absolute atomic E-state index is 13.4. The lowest BCUT2D eigenvalue weighted by Crippen LogP contribution is -2.17. The molecule has 29 heavy (non-hydrogen) atoms. The Morgan fingerprint density at radius 2 is 2.00 bits per heavy atom. The van der Waals surface area contributed by atoms with Gasteiger partial charge >= 0.3 is 0 Å². The molecule has 3 aromatic rings. The zero-order chi connectivity index (χ0) is 20.8. The topological polar surface area (TPSA) is 92.0 Å². The maximum atomic E-state index is 13.4. The Bertz CT molecular complexity index is 981. The van der Waals surface area contributed by atoms with Crippen molar-refractivity contribution in [3.63, 3.8) is 0 Å². The highest BCUT2D eigenvalue weighted by molar-refractivity contribution is 6.31. The van der Waals surface area contributed by atoms with Gasteiger partial charge in [-0.3, -0.25) is 4.98 Å². The van der Waals surface area contributed by atoms with Gasteiger partial charge in [-0.15, -0.1) is 0 Å². The molecule has 4 N–H and O–H groups in total. The first-order valence-electron chi connectivity index (χ1n) is 9.11. The molecule has 0 atom stereocenters. The summed E-state index contributed by atoms with van der Waals surface area (Å²) in [5.41, 5.74) is 8.63. The summed E-state index contributed by atoms with van der Waals surface area (Å²) in [6.45, 7) is 1.69. The van der Waals surface area contributed by atoms with Crippen LogP contribution in [0.25, 0.3) is 11.1 Å². The molecule has 0 unspecified atom stereocenters. The lowest BCUT2D eigenvalue weighted by molar-refractivity contribution is 0.405. The number of hydrogen-bond acceptors (Lipinski definition) is 7. The minimum Gasteiger partial charge on any atom is -0.397 e. The Balaban J connectivity index is 1.86. The first-order chi connectivity index (χ1) is 13.9. The predicted molar refractivity (Wildman–Crippen MR) is 116 cm³/mol. The SMILES string of the molecule is CN(C)CCCNc1nc(Nc2ccc(F)c(Cl)c2)ncc1-c1cncc(N)c1.